The Morgan fingerprint density at radius 1 is 1.37 bits per heavy atom. The number of para-hydroxylation sites is 1. The van der Waals surface area contributed by atoms with E-state index in [1.807, 2.05) is 49.0 Å². The maximum Gasteiger partial charge on any atom is 0.257 e. The summed E-state index contributed by atoms with van der Waals surface area (Å²) in [6, 6.07) is 7.71. The van der Waals surface area contributed by atoms with Crippen molar-refractivity contribution in [2.24, 2.45) is 7.05 Å². The van der Waals surface area contributed by atoms with Crippen LogP contribution < -0.4 is 5.32 Å². The number of carbonyl (C=O) groups is 1. The van der Waals surface area contributed by atoms with Gasteiger partial charge in [-0.15, -0.1) is 0 Å². The van der Waals surface area contributed by atoms with Crippen molar-refractivity contribution in [2.75, 3.05) is 5.32 Å². The predicted octanol–water partition coefficient (Wildman–Crippen LogP) is 2.46. The molecule has 0 bridgehead atoms. The van der Waals surface area contributed by atoms with E-state index in [4.69, 9.17) is 0 Å². The maximum absolute atomic E-state index is 12.4. The Bertz CT molecular complexity index is 754. The summed E-state index contributed by atoms with van der Waals surface area (Å²) >= 11 is 0. The summed E-state index contributed by atoms with van der Waals surface area (Å²) in [7, 11) is 1.93. The summed E-state index contributed by atoms with van der Waals surface area (Å²) in [6.45, 7) is 1.87. The molecule has 3 aromatic rings. The zero-order chi connectivity index (χ0) is 13.4. The molecule has 5 heteroatoms. The molecule has 0 atom stereocenters. The maximum atomic E-state index is 12.4. The van der Waals surface area contributed by atoms with E-state index in [-0.39, 0.29) is 5.91 Å². The highest BCUT2D eigenvalue weighted by Crippen LogP contribution is 2.21. The fourth-order valence-electron chi connectivity index (χ4n) is 2.21. The van der Waals surface area contributed by atoms with Gasteiger partial charge in [-0.2, -0.15) is 5.10 Å². The average Bonchev–Trinajstić information content (AvgIpc) is 2.97. The van der Waals surface area contributed by atoms with E-state index >= 15 is 0 Å². The number of aryl methyl sites for hydroxylation is 2. The van der Waals surface area contributed by atoms with E-state index in [0.717, 1.165) is 16.6 Å². The predicted molar refractivity (Wildman–Crippen MR) is 74.2 cm³/mol. The molecule has 0 radical (unpaired) electrons. The zero-order valence-corrected chi connectivity index (χ0v) is 10.8. The molecule has 19 heavy (non-hydrogen) atoms. The molecular formula is C14H14N4O. The van der Waals surface area contributed by atoms with Crippen LogP contribution in [0.25, 0.3) is 10.9 Å². The van der Waals surface area contributed by atoms with Crippen LogP contribution in [0.1, 0.15) is 16.1 Å². The number of rotatable bonds is 2. The Morgan fingerprint density at radius 2 is 2.21 bits per heavy atom. The fraction of sp³-hybridized carbons (Fsp3) is 0.143. The standard InChI is InChI=1S/C14H14N4O/c1-9-12(8-15-17-9)16-14(19)11-5-3-4-10-6-7-18(2)13(10)11/h3-8H,1-2H3,(H,15,17)(H,16,19). The van der Waals surface area contributed by atoms with Gasteiger partial charge in [0.15, 0.2) is 0 Å². The van der Waals surface area contributed by atoms with Gasteiger partial charge in [0, 0.05) is 18.6 Å². The van der Waals surface area contributed by atoms with Crippen LogP contribution in [-0.2, 0) is 7.05 Å². The highest BCUT2D eigenvalue weighted by molar-refractivity contribution is 6.12. The van der Waals surface area contributed by atoms with E-state index < -0.39 is 0 Å². The summed E-state index contributed by atoms with van der Waals surface area (Å²) in [4.78, 5) is 12.4. The Hall–Kier alpha value is -2.56. The van der Waals surface area contributed by atoms with Crippen molar-refractivity contribution >= 4 is 22.5 Å². The number of hydrogen-bond acceptors (Lipinski definition) is 2. The molecule has 96 valence electrons. The van der Waals surface area contributed by atoms with Crippen LogP contribution in [-0.4, -0.2) is 20.7 Å². The average molecular weight is 254 g/mol. The normalized spacial score (nSPS) is 10.8. The number of fused-ring (bicyclic) bond motifs is 1. The van der Waals surface area contributed by atoms with E-state index in [2.05, 4.69) is 15.5 Å². The second-order valence-corrected chi connectivity index (χ2v) is 4.53. The van der Waals surface area contributed by atoms with Gasteiger partial charge in [0.25, 0.3) is 5.91 Å². The second-order valence-electron chi connectivity index (χ2n) is 4.53. The van der Waals surface area contributed by atoms with Crippen LogP contribution in [0.2, 0.25) is 0 Å². The number of nitrogens with zero attached hydrogens (tertiary/aromatic N) is 2. The number of carbonyl (C=O) groups excluding carboxylic acids is 1. The first-order valence-corrected chi connectivity index (χ1v) is 6.02. The van der Waals surface area contributed by atoms with Gasteiger partial charge in [0.2, 0.25) is 0 Å². The van der Waals surface area contributed by atoms with Gasteiger partial charge in [-0.3, -0.25) is 9.89 Å². The van der Waals surface area contributed by atoms with Crippen molar-refractivity contribution < 1.29 is 4.79 Å². The van der Waals surface area contributed by atoms with E-state index in [1.54, 1.807) is 6.20 Å². The summed E-state index contributed by atoms with van der Waals surface area (Å²) in [5, 5.41) is 10.6. The molecule has 0 saturated carbocycles. The van der Waals surface area contributed by atoms with Gasteiger partial charge in [0.05, 0.1) is 28.7 Å². The second kappa shape index (κ2) is 4.28. The number of benzene rings is 1. The number of nitrogens with one attached hydrogen (secondary N) is 2. The smallest absolute Gasteiger partial charge is 0.257 e. The molecule has 1 amide bonds. The number of amides is 1. The van der Waals surface area contributed by atoms with Crippen molar-refractivity contribution in [1.82, 2.24) is 14.8 Å². The third-order valence-electron chi connectivity index (χ3n) is 3.22. The van der Waals surface area contributed by atoms with E-state index in [1.165, 1.54) is 0 Å². The molecule has 0 saturated heterocycles. The number of aromatic nitrogens is 3. The monoisotopic (exact) mass is 254 g/mol. The molecule has 2 aromatic heterocycles. The third kappa shape index (κ3) is 1.89. The van der Waals surface area contributed by atoms with Crippen molar-refractivity contribution in [1.29, 1.82) is 0 Å². The number of anilines is 1. The quantitative estimate of drug-likeness (QED) is 0.738. The first-order valence-electron chi connectivity index (χ1n) is 6.02. The molecule has 2 heterocycles. The Balaban J connectivity index is 2.02. The summed E-state index contributed by atoms with van der Waals surface area (Å²) < 4.78 is 1.95. The van der Waals surface area contributed by atoms with Crippen LogP contribution in [0.3, 0.4) is 0 Å². The minimum atomic E-state index is -0.128. The number of H-pyrrole nitrogens is 1. The van der Waals surface area contributed by atoms with Gasteiger partial charge in [0.1, 0.15) is 0 Å². The molecular weight excluding hydrogens is 240 g/mol. The summed E-state index contributed by atoms with van der Waals surface area (Å²) in [5.74, 6) is -0.128. The molecule has 0 aliphatic rings. The molecule has 0 fully saturated rings. The van der Waals surface area contributed by atoms with Crippen molar-refractivity contribution in [3.8, 4) is 0 Å². The van der Waals surface area contributed by atoms with Gasteiger partial charge >= 0.3 is 0 Å². The van der Waals surface area contributed by atoms with Gasteiger partial charge in [-0.1, -0.05) is 12.1 Å². The lowest BCUT2D eigenvalue weighted by molar-refractivity contribution is 0.102. The van der Waals surface area contributed by atoms with E-state index in [0.29, 0.717) is 11.3 Å². The Labute approximate surface area is 110 Å². The topological polar surface area (TPSA) is 62.7 Å². The minimum absolute atomic E-state index is 0.128. The Kier molecular flexibility index (Phi) is 2.59. The van der Waals surface area contributed by atoms with Crippen LogP contribution in [0.4, 0.5) is 5.69 Å². The zero-order valence-electron chi connectivity index (χ0n) is 10.8. The first kappa shape index (κ1) is 11.5. The van der Waals surface area contributed by atoms with Gasteiger partial charge in [-0.05, 0) is 19.1 Å². The molecule has 0 unspecified atom stereocenters. The first-order chi connectivity index (χ1) is 9.16. The third-order valence-corrected chi connectivity index (χ3v) is 3.22. The lowest BCUT2D eigenvalue weighted by Crippen LogP contribution is -2.13. The molecule has 0 spiro atoms. The van der Waals surface area contributed by atoms with E-state index in [9.17, 15) is 4.79 Å². The van der Waals surface area contributed by atoms with Crippen molar-refractivity contribution in [3.63, 3.8) is 0 Å². The number of aromatic amines is 1. The molecule has 5 nitrogen and oxygen atoms in total. The minimum Gasteiger partial charge on any atom is -0.350 e. The van der Waals surface area contributed by atoms with Gasteiger partial charge < -0.3 is 9.88 Å². The summed E-state index contributed by atoms with van der Waals surface area (Å²) in [6.07, 6.45) is 3.56. The van der Waals surface area contributed by atoms with Crippen LogP contribution in [0.15, 0.2) is 36.7 Å². The van der Waals surface area contributed by atoms with Crippen LogP contribution >= 0.6 is 0 Å². The Morgan fingerprint density at radius 3 is 2.95 bits per heavy atom. The van der Waals surface area contributed by atoms with Crippen LogP contribution in [0.5, 0.6) is 0 Å². The molecule has 0 aliphatic carbocycles. The van der Waals surface area contributed by atoms with Gasteiger partial charge in [-0.25, -0.2) is 0 Å². The van der Waals surface area contributed by atoms with Crippen molar-refractivity contribution in [2.45, 2.75) is 6.92 Å². The largest absolute Gasteiger partial charge is 0.350 e. The highest BCUT2D eigenvalue weighted by atomic mass is 16.1. The SMILES string of the molecule is Cc1[nH]ncc1NC(=O)c1cccc2ccn(C)c12. The molecule has 2 N–H and O–H groups in total. The fourth-order valence-corrected chi connectivity index (χ4v) is 2.21. The summed E-state index contributed by atoms with van der Waals surface area (Å²) in [5.41, 5.74) is 3.13. The lowest BCUT2D eigenvalue weighted by Gasteiger charge is -2.07. The van der Waals surface area contributed by atoms with Crippen molar-refractivity contribution in [3.05, 3.63) is 47.9 Å². The highest BCUT2D eigenvalue weighted by Gasteiger charge is 2.13. The molecule has 3 rings (SSSR count). The van der Waals surface area contributed by atoms with Crippen LogP contribution in [0, 0.1) is 6.92 Å². The molecule has 0 aliphatic heterocycles. The number of hydrogen-bond donors (Lipinski definition) is 2. The molecule has 1 aromatic carbocycles. The lowest BCUT2D eigenvalue weighted by atomic mass is 10.1.